The molecule has 1 fully saturated rings. The van der Waals surface area contributed by atoms with Crippen LogP contribution in [0.4, 0.5) is 13.2 Å². The first-order chi connectivity index (χ1) is 10.2. The van der Waals surface area contributed by atoms with Gasteiger partial charge in [0, 0.05) is 6.61 Å². The predicted octanol–water partition coefficient (Wildman–Crippen LogP) is 2.66. The second-order valence-corrected chi connectivity index (χ2v) is 6.10. The number of carbonyl (C=O) groups excluding carboxylic acids is 1. The molecule has 0 radical (unpaired) electrons. The summed E-state index contributed by atoms with van der Waals surface area (Å²) in [6.45, 7) is 3.70. The minimum atomic E-state index is -4.56. The number of aromatic nitrogens is 2. The number of hydrogen-bond acceptors (Lipinski definition) is 3. The molecular weight excluding hydrogens is 367 g/mol. The van der Waals surface area contributed by atoms with Crippen LogP contribution in [0, 0.1) is 6.92 Å². The lowest BCUT2D eigenvalue weighted by atomic mass is 10.1. The molecule has 1 aromatic heterocycles. The standard InChI is InChI=1S/C13H17BrF3N3O2/c1-7(9-4-3-5-22-9)18-10(21)6-20-8(2)11(14)12(19-20)13(15,16)17/h7,9H,3-6H2,1-2H3,(H,18,21)/t7-,9+/m0/s1. The Kier molecular flexibility index (Phi) is 5.16. The van der Waals surface area contributed by atoms with Gasteiger partial charge in [-0.1, -0.05) is 0 Å². The van der Waals surface area contributed by atoms with Gasteiger partial charge in [-0.15, -0.1) is 0 Å². The summed E-state index contributed by atoms with van der Waals surface area (Å²) in [7, 11) is 0. The Morgan fingerprint density at radius 3 is 2.77 bits per heavy atom. The molecule has 22 heavy (non-hydrogen) atoms. The number of amides is 1. The van der Waals surface area contributed by atoms with Crippen LogP contribution in [0.25, 0.3) is 0 Å². The maximum atomic E-state index is 12.8. The van der Waals surface area contributed by atoms with Gasteiger partial charge in [0.25, 0.3) is 0 Å². The Morgan fingerprint density at radius 1 is 1.59 bits per heavy atom. The van der Waals surface area contributed by atoms with E-state index in [2.05, 4.69) is 26.3 Å². The minimum absolute atomic E-state index is 0.0415. The number of ether oxygens (including phenoxy) is 1. The highest BCUT2D eigenvalue weighted by atomic mass is 79.9. The van der Waals surface area contributed by atoms with E-state index in [9.17, 15) is 18.0 Å². The Hall–Kier alpha value is -1.09. The van der Waals surface area contributed by atoms with Crippen molar-refractivity contribution in [2.24, 2.45) is 0 Å². The third-order valence-electron chi connectivity index (χ3n) is 3.61. The molecule has 0 saturated carbocycles. The lowest BCUT2D eigenvalue weighted by Gasteiger charge is -2.20. The quantitative estimate of drug-likeness (QED) is 0.869. The van der Waals surface area contributed by atoms with Crippen molar-refractivity contribution in [3.8, 4) is 0 Å². The first-order valence-electron chi connectivity index (χ1n) is 6.91. The van der Waals surface area contributed by atoms with E-state index in [1.807, 2.05) is 6.92 Å². The molecular formula is C13H17BrF3N3O2. The number of carbonyl (C=O) groups is 1. The molecule has 1 aromatic rings. The lowest BCUT2D eigenvalue weighted by Crippen LogP contribution is -2.42. The monoisotopic (exact) mass is 383 g/mol. The van der Waals surface area contributed by atoms with E-state index >= 15 is 0 Å². The summed E-state index contributed by atoms with van der Waals surface area (Å²) in [6, 6.07) is -0.184. The van der Waals surface area contributed by atoms with E-state index in [0.29, 0.717) is 6.61 Å². The number of nitrogens with one attached hydrogen (secondary N) is 1. The lowest BCUT2D eigenvalue weighted by molar-refractivity contribution is -0.142. The highest BCUT2D eigenvalue weighted by Gasteiger charge is 2.38. The zero-order chi connectivity index (χ0) is 16.5. The number of halogens is 4. The van der Waals surface area contributed by atoms with Gasteiger partial charge in [0.05, 0.1) is 22.3 Å². The fourth-order valence-electron chi connectivity index (χ4n) is 2.38. The Labute approximate surface area is 134 Å². The molecule has 9 heteroatoms. The average molecular weight is 384 g/mol. The molecule has 0 unspecified atom stereocenters. The van der Waals surface area contributed by atoms with Crippen molar-refractivity contribution in [3.05, 3.63) is 15.9 Å². The van der Waals surface area contributed by atoms with Crippen molar-refractivity contribution >= 4 is 21.8 Å². The van der Waals surface area contributed by atoms with Gasteiger partial charge in [-0.25, -0.2) is 0 Å². The summed E-state index contributed by atoms with van der Waals surface area (Å²) in [4.78, 5) is 12.0. The smallest absolute Gasteiger partial charge is 0.376 e. The van der Waals surface area contributed by atoms with E-state index in [-0.39, 0.29) is 28.9 Å². The van der Waals surface area contributed by atoms with E-state index in [1.165, 1.54) is 6.92 Å². The van der Waals surface area contributed by atoms with Crippen LogP contribution in [-0.2, 0) is 22.3 Å². The van der Waals surface area contributed by atoms with E-state index < -0.39 is 17.8 Å². The highest BCUT2D eigenvalue weighted by molar-refractivity contribution is 9.10. The molecule has 1 aliphatic heterocycles. The zero-order valence-corrected chi connectivity index (χ0v) is 13.8. The van der Waals surface area contributed by atoms with E-state index in [0.717, 1.165) is 17.5 Å². The normalized spacial score (nSPS) is 20.2. The maximum Gasteiger partial charge on any atom is 0.436 e. The van der Waals surface area contributed by atoms with Gasteiger partial charge in [-0.2, -0.15) is 18.3 Å². The zero-order valence-electron chi connectivity index (χ0n) is 12.2. The number of alkyl halides is 3. The van der Waals surface area contributed by atoms with Crippen LogP contribution in [0.2, 0.25) is 0 Å². The van der Waals surface area contributed by atoms with Gasteiger partial charge in [0.15, 0.2) is 5.69 Å². The molecule has 1 amide bonds. The largest absolute Gasteiger partial charge is 0.436 e. The molecule has 5 nitrogen and oxygen atoms in total. The third kappa shape index (κ3) is 3.81. The van der Waals surface area contributed by atoms with Gasteiger partial charge in [0.1, 0.15) is 6.54 Å². The van der Waals surface area contributed by atoms with Crippen LogP contribution in [0.3, 0.4) is 0 Å². The third-order valence-corrected chi connectivity index (χ3v) is 4.56. The second kappa shape index (κ2) is 6.57. The first-order valence-corrected chi connectivity index (χ1v) is 7.70. The molecule has 0 aliphatic carbocycles. The number of hydrogen-bond donors (Lipinski definition) is 1. The van der Waals surface area contributed by atoms with Crippen LogP contribution < -0.4 is 5.32 Å². The van der Waals surface area contributed by atoms with Crippen molar-refractivity contribution in [1.29, 1.82) is 0 Å². The highest BCUT2D eigenvalue weighted by Crippen LogP contribution is 2.35. The molecule has 1 N–H and O–H groups in total. The predicted molar refractivity (Wildman–Crippen MR) is 76.2 cm³/mol. The summed E-state index contributed by atoms with van der Waals surface area (Å²) in [5.74, 6) is -0.394. The summed E-state index contributed by atoms with van der Waals surface area (Å²) in [6.07, 6.45) is -2.78. The van der Waals surface area contributed by atoms with Crippen molar-refractivity contribution in [2.45, 2.75) is 51.6 Å². The number of rotatable bonds is 4. The first kappa shape index (κ1) is 17.3. The SMILES string of the molecule is Cc1c(Br)c(C(F)(F)F)nn1CC(=O)N[C@@H](C)[C@H]1CCCO1. The molecule has 2 atom stereocenters. The molecule has 2 heterocycles. The van der Waals surface area contributed by atoms with Crippen molar-refractivity contribution in [2.75, 3.05) is 6.61 Å². The van der Waals surface area contributed by atoms with Gasteiger partial charge in [-0.05, 0) is 42.6 Å². The van der Waals surface area contributed by atoms with E-state index in [4.69, 9.17) is 4.74 Å². The van der Waals surface area contributed by atoms with Crippen molar-refractivity contribution in [3.63, 3.8) is 0 Å². The van der Waals surface area contributed by atoms with Crippen molar-refractivity contribution < 1.29 is 22.7 Å². The molecule has 124 valence electrons. The maximum absolute atomic E-state index is 12.8. The van der Waals surface area contributed by atoms with Gasteiger partial charge < -0.3 is 10.1 Å². The molecule has 1 aliphatic rings. The summed E-state index contributed by atoms with van der Waals surface area (Å²) < 4.78 is 44.7. The number of nitrogens with zero attached hydrogens (tertiary/aromatic N) is 2. The van der Waals surface area contributed by atoms with E-state index in [1.54, 1.807) is 0 Å². The van der Waals surface area contributed by atoms with Crippen LogP contribution in [0.5, 0.6) is 0 Å². The van der Waals surface area contributed by atoms with Crippen molar-refractivity contribution in [1.82, 2.24) is 15.1 Å². The van der Waals surface area contributed by atoms with Crippen LogP contribution in [-0.4, -0.2) is 34.4 Å². The van der Waals surface area contributed by atoms with Gasteiger partial charge in [-0.3, -0.25) is 9.48 Å². The van der Waals surface area contributed by atoms with Gasteiger partial charge in [0.2, 0.25) is 5.91 Å². The molecule has 0 aromatic carbocycles. The molecule has 2 rings (SSSR count). The van der Waals surface area contributed by atoms with Crippen LogP contribution in [0.15, 0.2) is 4.47 Å². The molecule has 1 saturated heterocycles. The second-order valence-electron chi connectivity index (χ2n) is 5.31. The average Bonchev–Trinajstić information content (AvgIpc) is 3.02. The Balaban J connectivity index is 2.02. The Bertz CT molecular complexity index is 553. The minimum Gasteiger partial charge on any atom is -0.376 e. The Morgan fingerprint density at radius 2 is 2.27 bits per heavy atom. The fraction of sp³-hybridized carbons (Fsp3) is 0.692. The molecule has 0 bridgehead atoms. The van der Waals surface area contributed by atoms with Crippen LogP contribution in [0.1, 0.15) is 31.2 Å². The van der Waals surface area contributed by atoms with Gasteiger partial charge >= 0.3 is 6.18 Å². The molecule has 0 spiro atoms. The summed E-state index contributed by atoms with van der Waals surface area (Å²) in [5, 5.41) is 6.22. The summed E-state index contributed by atoms with van der Waals surface area (Å²) in [5.41, 5.74) is -0.766. The summed E-state index contributed by atoms with van der Waals surface area (Å²) >= 11 is 2.88. The fourth-order valence-corrected chi connectivity index (χ4v) is 2.89. The topological polar surface area (TPSA) is 56.2 Å². The van der Waals surface area contributed by atoms with Crippen LogP contribution >= 0.6 is 15.9 Å².